The number of rotatable bonds is 4. The van der Waals surface area contributed by atoms with Crippen LogP contribution in [0.4, 0.5) is 0 Å². The van der Waals surface area contributed by atoms with Gasteiger partial charge in [0, 0.05) is 23.1 Å². The summed E-state index contributed by atoms with van der Waals surface area (Å²) in [6.07, 6.45) is 3.07. The van der Waals surface area contributed by atoms with E-state index >= 15 is 0 Å². The molecular formula is C9H13BrN2O2S. The lowest BCUT2D eigenvalue weighted by atomic mass is 10.2. The highest BCUT2D eigenvalue weighted by molar-refractivity contribution is 9.09. The maximum Gasteiger partial charge on any atom is 0.239 e. The fourth-order valence-electron chi connectivity index (χ4n) is 1.07. The third kappa shape index (κ3) is 3.89. The Morgan fingerprint density at radius 2 is 2.20 bits per heavy atom. The third-order valence-electron chi connectivity index (χ3n) is 2.00. The van der Waals surface area contributed by atoms with Crippen LogP contribution in [0.15, 0.2) is 23.2 Å². The molecule has 0 aromatic carbocycles. The van der Waals surface area contributed by atoms with Gasteiger partial charge in [-0.15, -0.1) is 0 Å². The molecule has 0 amide bonds. The van der Waals surface area contributed by atoms with Gasteiger partial charge >= 0.3 is 0 Å². The first-order chi connectivity index (χ1) is 6.93. The molecule has 1 aromatic heterocycles. The standard InChI is InChI=1S/C9H13BrN2O2S/c1-2-7(10)5-8-3-4-9(6-12-8)15(11,13)14/h3-4,6-7H,2,5H2,1H3,(H2,11,13,14). The molecule has 0 saturated carbocycles. The lowest BCUT2D eigenvalue weighted by molar-refractivity contribution is 0.597. The molecule has 0 saturated heterocycles. The van der Waals surface area contributed by atoms with E-state index in [2.05, 4.69) is 27.8 Å². The van der Waals surface area contributed by atoms with Gasteiger partial charge in [0.2, 0.25) is 10.0 Å². The first-order valence-electron chi connectivity index (χ1n) is 4.55. The van der Waals surface area contributed by atoms with Gasteiger partial charge in [0.1, 0.15) is 4.90 Å². The van der Waals surface area contributed by atoms with E-state index in [4.69, 9.17) is 5.14 Å². The van der Waals surface area contributed by atoms with Gasteiger partial charge in [-0.25, -0.2) is 13.6 Å². The van der Waals surface area contributed by atoms with Gasteiger partial charge in [0.15, 0.2) is 0 Å². The zero-order valence-electron chi connectivity index (χ0n) is 8.35. The molecule has 0 fully saturated rings. The second-order valence-electron chi connectivity index (χ2n) is 3.24. The highest BCUT2D eigenvalue weighted by Gasteiger charge is 2.09. The van der Waals surface area contributed by atoms with Gasteiger partial charge in [-0.05, 0) is 18.6 Å². The summed E-state index contributed by atoms with van der Waals surface area (Å²) in [5.74, 6) is 0. The minimum Gasteiger partial charge on any atom is -0.260 e. The molecule has 0 spiro atoms. The average Bonchev–Trinajstić information content (AvgIpc) is 2.17. The van der Waals surface area contributed by atoms with Gasteiger partial charge in [0.25, 0.3) is 0 Å². The van der Waals surface area contributed by atoms with E-state index in [1.165, 1.54) is 12.3 Å². The summed E-state index contributed by atoms with van der Waals surface area (Å²) in [6, 6.07) is 3.16. The maximum atomic E-state index is 11.0. The number of hydrogen-bond acceptors (Lipinski definition) is 3. The number of alkyl halides is 1. The summed E-state index contributed by atoms with van der Waals surface area (Å²) in [5.41, 5.74) is 0.853. The van der Waals surface area contributed by atoms with E-state index in [1.807, 2.05) is 0 Å². The average molecular weight is 293 g/mol. The third-order valence-corrected chi connectivity index (χ3v) is 3.87. The van der Waals surface area contributed by atoms with Gasteiger partial charge < -0.3 is 0 Å². The van der Waals surface area contributed by atoms with Crippen molar-refractivity contribution in [3.8, 4) is 0 Å². The molecule has 0 bridgehead atoms. The fraction of sp³-hybridized carbons (Fsp3) is 0.444. The van der Waals surface area contributed by atoms with Crippen LogP contribution in [0.5, 0.6) is 0 Å². The maximum absolute atomic E-state index is 11.0. The Hall–Kier alpha value is -0.460. The van der Waals surface area contributed by atoms with E-state index in [1.54, 1.807) is 6.07 Å². The van der Waals surface area contributed by atoms with Crippen molar-refractivity contribution >= 4 is 26.0 Å². The van der Waals surface area contributed by atoms with Crippen LogP contribution in [-0.2, 0) is 16.4 Å². The first kappa shape index (κ1) is 12.6. The number of sulfonamides is 1. The van der Waals surface area contributed by atoms with E-state index in [0.29, 0.717) is 4.83 Å². The van der Waals surface area contributed by atoms with Crippen molar-refractivity contribution in [2.24, 2.45) is 5.14 Å². The molecule has 2 N–H and O–H groups in total. The Bertz CT molecular complexity index is 416. The molecule has 0 aliphatic rings. The quantitative estimate of drug-likeness (QED) is 0.854. The topological polar surface area (TPSA) is 73.1 Å². The predicted molar refractivity (Wildman–Crippen MR) is 62.3 cm³/mol. The lowest BCUT2D eigenvalue weighted by Gasteiger charge is -2.05. The van der Waals surface area contributed by atoms with Crippen molar-refractivity contribution in [2.45, 2.75) is 29.5 Å². The first-order valence-corrected chi connectivity index (χ1v) is 7.01. The van der Waals surface area contributed by atoms with E-state index < -0.39 is 10.0 Å². The van der Waals surface area contributed by atoms with E-state index in [-0.39, 0.29) is 4.90 Å². The molecule has 1 unspecified atom stereocenters. The van der Waals surface area contributed by atoms with Crippen LogP contribution in [0.1, 0.15) is 19.0 Å². The zero-order valence-corrected chi connectivity index (χ0v) is 10.8. The minimum atomic E-state index is -3.63. The second kappa shape index (κ2) is 5.05. The molecule has 1 rings (SSSR count). The Morgan fingerprint density at radius 1 is 1.53 bits per heavy atom. The number of hydrogen-bond donors (Lipinski definition) is 1. The van der Waals surface area contributed by atoms with Gasteiger partial charge in [-0.1, -0.05) is 22.9 Å². The largest absolute Gasteiger partial charge is 0.260 e. The van der Waals surface area contributed by atoms with Crippen molar-refractivity contribution in [1.82, 2.24) is 4.98 Å². The lowest BCUT2D eigenvalue weighted by Crippen LogP contribution is -2.13. The van der Waals surface area contributed by atoms with Crippen molar-refractivity contribution in [1.29, 1.82) is 0 Å². The molecule has 1 heterocycles. The van der Waals surface area contributed by atoms with Crippen LogP contribution in [0.2, 0.25) is 0 Å². The van der Waals surface area contributed by atoms with Crippen LogP contribution in [0, 0.1) is 0 Å². The normalized spacial score (nSPS) is 13.8. The van der Waals surface area contributed by atoms with Gasteiger partial charge in [-0.2, -0.15) is 0 Å². The van der Waals surface area contributed by atoms with E-state index in [9.17, 15) is 8.42 Å². The van der Waals surface area contributed by atoms with Crippen molar-refractivity contribution in [3.05, 3.63) is 24.0 Å². The highest BCUT2D eigenvalue weighted by Crippen LogP contribution is 2.12. The number of nitrogens with zero attached hydrogens (tertiary/aromatic N) is 1. The second-order valence-corrected chi connectivity index (χ2v) is 6.10. The molecule has 0 aliphatic carbocycles. The summed E-state index contributed by atoms with van der Waals surface area (Å²) < 4.78 is 21.9. The number of nitrogens with two attached hydrogens (primary N) is 1. The summed E-state index contributed by atoms with van der Waals surface area (Å²) in [5, 5.41) is 4.96. The van der Waals surface area contributed by atoms with Crippen LogP contribution in [0.25, 0.3) is 0 Å². The van der Waals surface area contributed by atoms with Crippen LogP contribution < -0.4 is 5.14 Å². The molecule has 84 valence electrons. The summed E-state index contributed by atoms with van der Waals surface area (Å²) in [4.78, 5) is 4.46. The fourth-order valence-corrected chi connectivity index (χ4v) is 1.86. The number of pyridine rings is 1. The van der Waals surface area contributed by atoms with E-state index in [0.717, 1.165) is 18.5 Å². The molecule has 0 aliphatic heterocycles. The van der Waals surface area contributed by atoms with Crippen LogP contribution >= 0.6 is 15.9 Å². The Morgan fingerprint density at radius 3 is 2.60 bits per heavy atom. The van der Waals surface area contributed by atoms with Gasteiger partial charge in [0.05, 0.1) is 0 Å². The Kier molecular flexibility index (Phi) is 4.24. The molecule has 1 atom stereocenters. The van der Waals surface area contributed by atoms with Crippen molar-refractivity contribution in [3.63, 3.8) is 0 Å². The highest BCUT2D eigenvalue weighted by atomic mass is 79.9. The number of halogens is 1. The van der Waals surface area contributed by atoms with Crippen molar-refractivity contribution < 1.29 is 8.42 Å². The molecule has 15 heavy (non-hydrogen) atoms. The molecule has 4 nitrogen and oxygen atoms in total. The van der Waals surface area contributed by atoms with Crippen LogP contribution in [0.3, 0.4) is 0 Å². The SMILES string of the molecule is CCC(Br)Cc1ccc(S(N)(=O)=O)cn1. The molecule has 0 radical (unpaired) electrons. The number of aromatic nitrogens is 1. The Labute approximate surface area is 98.1 Å². The monoisotopic (exact) mass is 292 g/mol. The number of primary sulfonamides is 1. The Balaban J connectivity index is 2.82. The van der Waals surface area contributed by atoms with Crippen LogP contribution in [-0.4, -0.2) is 18.2 Å². The minimum absolute atomic E-state index is 0.0499. The van der Waals surface area contributed by atoms with Crippen molar-refractivity contribution in [2.75, 3.05) is 0 Å². The molecule has 1 aromatic rings. The smallest absolute Gasteiger partial charge is 0.239 e. The van der Waals surface area contributed by atoms with Gasteiger partial charge in [-0.3, -0.25) is 4.98 Å². The summed E-state index contributed by atoms with van der Waals surface area (Å²) >= 11 is 3.49. The summed E-state index contributed by atoms with van der Waals surface area (Å²) in [6.45, 7) is 2.07. The molecular weight excluding hydrogens is 280 g/mol. The predicted octanol–water partition coefficient (Wildman–Crippen LogP) is 1.45. The summed E-state index contributed by atoms with van der Waals surface area (Å²) in [7, 11) is -3.63. The molecule has 6 heteroatoms. The zero-order chi connectivity index (χ0) is 11.5.